The van der Waals surface area contributed by atoms with Crippen molar-refractivity contribution in [3.05, 3.63) is 42.2 Å². The first-order valence-corrected chi connectivity index (χ1v) is 10.0. The molecule has 6 nitrogen and oxygen atoms in total. The quantitative estimate of drug-likeness (QED) is 0.836. The number of nitrogens with one attached hydrogen (secondary N) is 2. The molecule has 2 aliphatic rings. The van der Waals surface area contributed by atoms with Gasteiger partial charge in [-0.1, -0.05) is 19.3 Å². The molecule has 1 aromatic carbocycles. The Balaban J connectivity index is 1.38. The molecule has 2 N–H and O–H groups in total. The van der Waals surface area contributed by atoms with Gasteiger partial charge in [0.2, 0.25) is 5.95 Å². The minimum atomic E-state index is -0.210. The lowest BCUT2D eigenvalue weighted by atomic mass is 9.96. The molecular formula is C21H27N5O. The van der Waals surface area contributed by atoms with Crippen molar-refractivity contribution in [1.82, 2.24) is 9.97 Å². The molecule has 1 aromatic heterocycles. The standard InChI is InChI=1S/C21H27N5O/c27-20(23-17-8-10-18(11-9-17)26-14-4-5-15-26)19-12-13-22-21(25-19)24-16-6-2-1-3-7-16/h8-13,16H,1-7,14-15H2,(H,23,27)(H,22,24,25). The minimum absolute atomic E-state index is 0.210. The summed E-state index contributed by atoms with van der Waals surface area (Å²) in [5.41, 5.74) is 2.38. The summed E-state index contributed by atoms with van der Waals surface area (Å²) in [4.78, 5) is 23.6. The molecule has 0 atom stereocenters. The topological polar surface area (TPSA) is 70.2 Å². The molecule has 4 rings (SSSR count). The molecule has 27 heavy (non-hydrogen) atoms. The summed E-state index contributed by atoms with van der Waals surface area (Å²) in [5.74, 6) is 0.331. The van der Waals surface area contributed by atoms with Crippen molar-refractivity contribution in [3.63, 3.8) is 0 Å². The highest BCUT2D eigenvalue weighted by molar-refractivity contribution is 6.03. The number of nitrogens with zero attached hydrogens (tertiary/aromatic N) is 3. The monoisotopic (exact) mass is 365 g/mol. The molecule has 2 fully saturated rings. The van der Waals surface area contributed by atoms with E-state index in [4.69, 9.17) is 0 Å². The van der Waals surface area contributed by atoms with Crippen molar-refractivity contribution in [2.75, 3.05) is 28.6 Å². The summed E-state index contributed by atoms with van der Waals surface area (Å²) in [5, 5.41) is 6.30. The highest BCUT2D eigenvalue weighted by Gasteiger charge is 2.16. The number of amides is 1. The van der Waals surface area contributed by atoms with Crippen LogP contribution in [-0.4, -0.2) is 35.0 Å². The van der Waals surface area contributed by atoms with Crippen molar-refractivity contribution in [2.24, 2.45) is 0 Å². The molecule has 0 radical (unpaired) electrons. The molecule has 1 aliphatic heterocycles. The third-order valence-corrected chi connectivity index (χ3v) is 5.42. The maximum atomic E-state index is 12.6. The fourth-order valence-electron chi connectivity index (χ4n) is 3.91. The third kappa shape index (κ3) is 4.56. The first-order valence-electron chi connectivity index (χ1n) is 10.0. The predicted molar refractivity (Wildman–Crippen MR) is 108 cm³/mol. The van der Waals surface area contributed by atoms with Crippen molar-refractivity contribution in [2.45, 2.75) is 51.0 Å². The zero-order chi connectivity index (χ0) is 18.5. The molecule has 0 unspecified atom stereocenters. The average Bonchev–Trinajstić information content (AvgIpc) is 3.24. The van der Waals surface area contributed by atoms with E-state index in [1.807, 2.05) is 12.1 Å². The van der Waals surface area contributed by atoms with Crippen molar-refractivity contribution >= 4 is 23.2 Å². The van der Waals surface area contributed by atoms with Crippen LogP contribution in [0.4, 0.5) is 17.3 Å². The molecule has 1 aliphatic carbocycles. The Kier molecular flexibility index (Phi) is 5.51. The van der Waals surface area contributed by atoms with Gasteiger partial charge in [-0.15, -0.1) is 0 Å². The Morgan fingerprint density at radius 3 is 2.44 bits per heavy atom. The minimum Gasteiger partial charge on any atom is -0.372 e. The van der Waals surface area contributed by atoms with Crippen molar-refractivity contribution in [1.29, 1.82) is 0 Å². The zero-order valence-corrected chi connectivity index (χ0v) is 15.7. The second-order valence-electron chi connectivity index (χ2n) is 7.44. The lowest BCUT2D eigenvalue weighted by Crippen LogP contribution is -2.24. The van der Waals surface area contributed by atoms with Crippen LogP contribution in [-0.2, 0) is 0 Å². The Hall–Kier alpha value is -2.63. The Bertz CT molecular complexity index is 764. The highest BCUT2D eigenvalue weighted by Crippen LogP contribution is 2.23. The Morgan fingerprint density at radius 1 is 0.963 bits per heavy atom. The van der Waals surface area contributed by atoms with Gasteiger partial charge in [-0.25, -0.2) is 9.97 Å². The van der Waals surface area contributed by atoms with Gasteiger partial charge in [0.25, 0.3) is 5.91 Å². The number of carbonyl (C=O) groups is 1. The lowest BCUT2D eigenvalue weighted by Gasteiger charge is -2.22. The van der Waals surface area contributed by atoms with Crippen LogP contribution in [0.25, 0.3) is 0 Å². The van der Waals surface area contributed by atoms with E-state index in [0.717, 1.165) is 31.6 Å². The van der Waals surface area contributed by atoms with Crippen LogP contribution in [0.15, 0.2) is 36.5 Å². The molecule has 1 saturated carbocycles. The molecule has 2 aromatic rings. The number of hydrogen-bond donors (Lipinski definition) is 2. The Morgan fingerprint density at radius 2 is 1.70 bits per heavy atom. The van der Waals surface area contributed by atoms with E-state index in [0.29, 0.717) is 17.7 Å². The van der Waals surface area contributed by atoms with Crippen LogP contribution in [0.3, 0.4) is 0 Å². The SMILES string of the molecule is O=C(Nc1ccc(N2CCCC2)cc1)c1ccnc(NC2CCCCC2)n1. The number of benzene rings is 1. The molecule has 142 valence electrons. The largest absolute Gasteiger partial charge is 0.372 e. The van der Waals surface area contributed by atoms with Crippen molar-refractivity contribution < 1.29 is 4.79 Å². The molecule has 0 spiro atoms. The van der Waals surface area contributed by atoms with Gasteiger partial charge in [0.05, 0.1) is 0 Å². The lowest BCUT2D eigenvalue weighted by molar-refractivity contribution is 0.102. The Labute approximate surface area is 160 Å². The maximum absolute atomic E-state index is 12.6. The van der Waals surface area contributed by atoms with Gasteiger partial charge in [-0.3, -0.25) is 4.79 Å². The van der Waals surface area contributed by atoms with Gasteiger partial charge in [-0.2, -0.15) is 0 Å². The van der Waals surface area contributed by atoms with Crippen LogP contribution < -0.4 is 15.5 Å². The van der Waals surface area contributed by atoms with E-state index in [1.54, 1.807) is 12.3 Å². The van der Waals surface area contributed by atoms with E-state index in [-0.39, 0.29) is 5.91 Å². The highest BCUT2D eigenvalue weighted by atomic mass is 16.1. The number of carbonyl (C=O) groups excluding carboxylic acids is 1. The number of aromatic nitrogens is 2. The van der Waals surface area contributed by atoms with Crippen LogP contribution in [0.2, 0.25) is 0 Å². The summed E-state index contributed by atoms with van der Waals surface area (Å²) in [6.45, 7) is 2.23. The second kappa shape index (κ2) is 8.37. The number of rotatable bonds is 5. The maximum Gasteiger partial charge on any atom is 0.274 e. The predicted octanol–water partition coefficient (Wildman–Crippen LogP) is 4.07. The average molecular weight is 365 g/mol. The fraction of sp³-hybridized carbons (Fsp3) is 0.476. The normalized spacial score (nSPS) is 17.7. The molecule has 1 amide bonds. The van der Waals surface area contributed by atoms with Crippen molar-refractivity contribution in [3.8, 4) is 0 Å². The van der Waals surface area contributed by atoms with Gasteiger partial charge < -0.3 is 15.5 Å². The number of anilines is 3. The van der Waals surface area contributed by atoms with Crippen LogP contribution >= 0.6 is 0 Å². The first kappa shape index (κ1) is 17.8. The zero-order valence-electron chi connectivity index (χ0n) is 15.7. The summed E-state index contributed by atoms with van der Waals surface area (Å²) in [6.07, 6.45) is 10.2. The van der Waals surface area contributed by atoms with E-state index >= 15 is 0 Å². The molecule has 2 heterocycles. The fourth-order valence-corrected chi connectivity index (χ4v) is 3.91. The summed E-state index contributed by atoms with van der Waals surface area (Å²) in [7, 11) is 0. The van der Waals surface area contributed by atoms with Crippen LogP contribution in [0.5, 0.6) is 0 Å². The molecular weight excluding hydrogens is 338 g/mol. The smallest absolute Gasteiger partial charge is 0.274 e. The molecule has 1 saturated heterocycles. The van der Waals surface area contributed by atoms with E-state index in [2.05, 4.69) is 37.6 Å². The van der Waals surface area contributed by atoms with Gasteiger partial charge in [0.15, 0.2) is 0 Å². The van der Waals surface area contributed by atoms with Gasteiger partial charge >= 0.3 is 0 Å². The van der Waals surface area contributed by atoms with Gasteiger partial charge in [0, 0.05) is 36.7 Å². The summed E-state index contributed by atoms with van der Waals surface area (Å²) >= 11 is 0. The first-order chi connectivity index (χ1) is 13.3. The number of hydrogen-bond acceptors (Lipinski definition) is 5. The van der Waals surface area contributed by atoms with E-state index < -0.39 is 0 Å². The van der Waals surface area contributed by atoms with E-state index in [1.165, 1.54) is 37.8 Å². The summed E-state index contributed by atoms with van der Waals surface area (Å²) < 4.78 is 0. The third-order valence-electron chi connectivity index (χ3n) is 5.42. The van der Waals surface area contributed by atoms with Crippen LogP contribution in [0, 0.1) is 0 Å². The molecule has 6 heteroatoms. The van der Waals surface area contributed by atoms with Gasteiger partial charge in [0.1, 0.15) is 5.69 Å². The summed E-state index contributed by atoms with van der Waals surface area (Å²) in [6, 6.07) is 10.1. The molecule has 0 bridgehead atoms. The van der Waals surface area contributed by atoms with Crippen LogP contribution in [0.1, 0.15) is 55.4 Å². The van der Waals surface area contributed by atoms with E-state index in [9.17, 15) is 4.79 Å². The second-order valence-corrected chi connectivity index (χ2v) is 7.44. The van der Waals surface area contributed by atoms with Gasteiger partial charge in [-0.05, 0) is 56.0 Å².